The molecule has 0 saturated heterocycles. The topological polar surface area (TPSA) is 87.2 Å². The molecule has 10 heteroatoms. The molecule has 2 aromatic heterocycles. The number of benzene rings is 3. The average molecular weight is 527 g/mol. The first-order valence-corrected chi connectivity index (χ1v) is 14.2. The van der Waals surface area contributed by atoms with Gasteiger partial charge in [-0.05, 0) is 61.0 Å². The number of nitrogens with zero attached hydrogens (tertiary/aromatic N) is 8. The molecule has 0 N–H and O–H groups in total. The first-order chi connectivity index (χ1) is 18.2. The molecule has 7 rings (SSSR count). The van der Waals surface area contributed by atoms with Gasteiger partial charge in [-0.25, -0.2) is 0 Å². The Morgan fingerprint density at radius 1 is 0.838 bits per heavy atom. The molecule has 0 saturated carbocycles. The van der Waals surface area contributed by atoms with E-state index in [9.17, 15) is 0 Å². The number of tetrazole rings is 2. The van der Waals surface area contributed by atoms with Gasteiger partial charge in [-0.2, -0.15) is 9.36 Å². The van der Waals surface area contributed by atoms with Crippen molar-refractivity contribution in [2.75, 3.05) is 0 Å². The molecular weight excluding hydrogens is 500 g/mol. The highest BCUT2D eigenvalue weighted by atomic mass is 32.2. The Kier molecular flexibility index (Phi) is 6.52. The number of rotatable bonds is 3. The van der Waals surface area contributed by atoms with Crippen LogP contribution in [0.1, 0.15) is 59.8 Å². The summed E-state index contributed by atoms with van der Waals surface area (Å²) >= 11 is 3.39. The van der Waals surface area contributed by atoms with Crippen molar-refractivity contribution in [2.45, 2.75) is 54.4 Å². The van der Waals surface area contributed by atoms with Gasteiger partial charge in [0.15, 0.2) is 0 Å². The maximum Gasteiger partial charge on any atom is 0.215 e. The van der Waals surface area contributed by atoms with Gasteiger partial charge in [0, 0.05) is 5.75 Å². The number of aryl methyl sites for hydroxylation is 1. The molecule has 3 aromatic carbocycles. The predicted octanol–water partition coefficient (Wildman–Crippen LogP) is 5.81. The van der Waals surface area contributed by atoms with Crippen molar-refractivity contribution in [2.24, 2.45) is 0 Å². The predicted molar refractivity (Wildman–Crippen MR) is 145 cm³/mol. The fourth-order valence-corrected chi connectivity index (χ4v) is 6.80. The molecule has 8 nitrogen and oxygen atoms in total. The van der Waals surface area contributed by atoms with Gasteiger partial charge < -0.3 is 0 Å². The van der Waals surface area contributed by atoms with Gasteiger partial charge >= 0.3 is 0 Å². The monoisotopic (exact) mass is 526 g/mol. The second kappa shape index (κ2) is 10.1. The van der Waals surface area contributed by atoms with E-state index in [2.05, 4.69) is 112 Å². The Morgan fingerprint density at radius 2 is 1.57 bits per heavy atom. The molecule has 0 bridgehead atoms. The summed E-state index contributed by atoms with van der Waals surface area (Å²) in [5.41, 5.74) is 8.80. The van der Waals surface area contributed by atoms with E-state index in [0.29, 0.717) is 5.92 Å². The molecule has 0 radical (unpaired) electrons. The van der Waals surface area contributed by atoms with E-state index in [4.69, 9.17) is 0 Å². The lowest BCUT2D eigenvalue weighted by molar-refractivity contribution is 0.720. The van der Waals surface area contributed by atoms with Crippen LogP contribution < -0.4 is 0 Å². The van der Waals surface area contributed by atoms with Crippen molar-refractivity contribution in [3.05, 3.63) is 94.5 Å². The van der Waals surface area contributed by atoms with Gasteiger partial charge in [-0.15, -0.1) is 10.2 Å². The summed E-state index contributed by atoms with van der Waals surface area (Å²) in [5, 5.41) is 26.0. The fourth-order valence-electron chi connectivity index (χ4n) is 4.81. The maximum atomic E-state index is 4.17. The average Bonchev–Trinajstić information content (AvgIpc) is 3.62. The molecule has 4 heterocycles. The van der Waals surface area contributed by atoms with Crippen LogP contribution in [0.2, 0.25) is 0 Å². The highest BCUT2D eigenvalue weighted by molar-refractivity contribution is 7.99. The molecule has 0 spiro atoms. The fraction of sp³-hybridized carbons (Fsp3) is 0.259. The van der Waals surface area contributed by atoms with Crippen molar-refractivity contribution in [1.82, 2.24) is 40.4 Å². The van der Waals surface area contributed by atoms with Gasteiger partial charge in [0.2, 0.25) is 10.3 Å². The van der Waals surface area contributed by atoms with Crippen LogP contribution in [0.4, 0.5) is 0 Å². The Hall–Kier alpha value is -3.50. The minimum absolute atomic E-state index is 0.242. The van der Waals surface area contributed by atoms with Gasteiger partial charge in [0.25, 0.3) is 0 Å². The summed E-state index contributed by atoms with van der Waals surface area (Å²) < 4.78 is 3.73. The third-order valence-corrected chi connectivity index (χ3v) is 8.77. The van der Waals surface area contributed by atoms with E-state index >= 15 is 0 Å². The number of para-hydroxylation sites is 2. The minimum atomic E-state index is 0.242. The largest absolute Gasteiger partial charge is 0.215 e. The smallest absolute Gasteiger partial charge is 0.187 e. The Labute approximate surface area is 223 Å². The maximum absolute atomic E-state index is 4.17. The minimum Gasteiger partial charge on any atom is -0.187 e. The van der Waals surface area contributed by atoms with Crippen molar-refractivity contribution in [3.63, 3.8) is 0 Å². The number of fused-ring (bicyclic) bond motifs is 6. The quantitative estimate of drug-likeness (QED) is 0.291. The third kappa shape index (κ3) is 4.34. The summed E-state index contributed by atoms with van der Waals surface area (Å²) in [5.74, 6) is 1.44. The standard InChI is InChI=1S/C16H14N4S.C11H12N4S/c1-2-11-9-6-10-13-14(11)20-16(17-18-19-20)21-15(13)12-7-4-3-5-8-12;1-7(2)9-5-3-4-8-6-16-11-12-13-14-15(11)10(8)9/h3-10,15H,2H2,1H3;3-5,7H,6H2,1-2H3. The van der Waals surface area contributed by atoms with E-state index in [-0.39, 0.29) is 5.25 Å². The van der Waals surface area contributed by atoms with Gasteiger partial charge in [0.1, 0.15) is 0 Å². The summed E-state index contributed by atoms with van der Waals surface area (Å²) in [6.07, 6.45) is 0.967. The lowest BCUT2D eigenvalue weighted by Gasteiger charge is -2.26. The first kappa shape index (κ1) is 23.9. The van der Waals surface area contributed by atoms with E-state index in [0.717, 1.165) is 28.2 Å². The molecule has 2 aliphatic heterocycles. The van der Waals surface area contributed by atoms with Crippen molar-refractivity contribution in [1.29, 1.82) is 0 Å². The van der Waals surface area contributed by atoms with Crippen LogP contribution in [0, 0.1) is 0 Å². The third-order valence-electron chi connectivity index (χ3n) is 6.57. The van der Waals surface area contributed by atoms with Crippen LogP contribution in [0.3, 0.4) is 0 Å². The van der Waals surface area contributed by atoms with Crippen LogP contribution in [-0.2, 0) is 12.2 Å². The van der Waals surface area contributed by atoms with E-state index in [1.54, 1.807) is 23.5 Å². The molecule has 1 atom stereocenters. The molecule has 0 aliphatic carbocycles. The van der Waals surface area contributed by atoms with Crippen LogP contribution in [0.15, 0.2) is 77.0 Å². The van der Waals surface area contributed by atoms with E-state index < -0.39 is 0 Å². The lowest BCUT2D eigenvalue weighted by atomic mass is 9.98. The molecular formula is C27H26N8S2. The van der Waals surface area contributed by atoms with Gasteiger partial charge in [-0.1, -0.05) is 111 Å². The zero-order valence-electron chi connectivity index (χ0n) is 20.8. The van der Waals surface area contributed by atoms with E-state index in [1.165, 1.54) is 33.5 Å². The highest BCUT2D eigenvalue weighted by Crippen LogP contribution is 2.46. The Balaban J connectivity index is 0.000000141. The Morgan fingerprint density at radius 3 is 2.32 bits per heavy atom. The molecule has 37 heavy (non-hydrogen) atoms. The second-order valence-electron chi connectivity index (χ2n) is 9.16. The van der Waals surface area contributed by atoms with Crippen molar-refractivity contribution < 1.29 is 0 Å². The van der Waals surface area contributed by atoms with Crippen molar-refractivity contribution in [3.8, 4) is 11.4 Å². The zero-order chi connectivity index (χ0) is 25.4. The second-order valence-corrected chi connectivity index (χ2v) is 11.2. The van der Waals surface area contributed by atoms with E-state index in [1.807, 2.05) is 15.4 Å². The number of hydrogen-bond acceptors (Lipinski definition) is 8. The molecule has 0 amide bonds. The summed E-state index contributed by atoms with van der Waals surface area (Å²) in [4.78, 5) is 0. The normalized spacial score (nSPS) is 15.2. The SMILES string of the molecule is CC(C)c1cccc2c1-n1nnnc1SC2.CCc1cccc2c1-n1nnnc1SC2c1ccccc1. The van der Waals surface area contributed by atoms with Crippen LogP contribution in [0.25, 0.3) is 11.4 Å². The van der Waals surface area contributed by atoms with Gasteiger partial charge in [-0.3, -0.25) is 0 Å². The molecule has 2 aliphatic rings. The molecule has 0 fully saturated rings. The number of hydrogen-bond donors (Lipinski definition) is 0. The Bertz CT molecular complexity index is 1540. The molecule has 186 valence electrons. The molecule has 5 aromatic rings. The van der Waals surface area contributed by atoms with Crippen LogP contribution >= 0.6 is 23.5 Å². The summed E-state index contributed by atoms with van der Waals surface area (Å²) in [6, 6.07) is 23.4. The number of thioether (sulfide) groups is 2. The van der Waals surface area contributed by atoms with Crippen LogP contribution in [0.5, 0.6) is 0 Å². The van der Waals surface area contributed by atoms with Crippen LogP contribution in [-0.4, -0.2) is 40.4 Å². The zero-order valence-corrected chi connectivity index (χ0v) is 22.4. The first-order valence-electron chi connectivity index (χ1n) is 12.3. The summed E-state index contributed by atoms with van der Waals surface area (Å²) in [7, 11) is 0. The highest BCUT2D eigenvalue weighted by Gasteiger charge is 2.30. The molecule has 1 unspecified atom stereocenters. The van der Waals surface area contributed by atoms with Crippen molar-refractivity contribution >= 4 is 23.5 Å². The lowest BCUT2D eigenvalue weighted by Crippen LogP contribution is -2.14. The summed E-state index contributed by atoms with van der Waals surface area (Å²) in [6.45, 7) is 6.56. The van der Waals surface area contributed by atoms with Gasteiger partial charge in [0.05, 0.1) is 16.6 Å². The number of aromatic nitrogens is 8.